The van der Waals surface area contributed by atoms with Crippen LogP contribution >= 0.6 is 0 Å². The van der Waals surface area contributed by atoms with Crippen LogP contribution in [0.3, 0.4) is 0 Å². The van der Waals surface area contributed by atoms with E-state index < -0.39 is 0 Å². The van der Waals surface area contributed by atoms with Crippen molar-refractivity contribution in [2.24, 2.45) is 5.92 Å². The van der Waals surface area contributed by atoms with Crippen molar-refractivity contribution in [2.75, 3.05) is 0 Å². The van der Waals surface area contributed by atoms with Gasteiger partial charge in [-0.2, -0.15) is 0 Å². The van der Waals surface area contributed by atoms with E-state index in [4.69, 9.17) is 0 Å². The number of hydrogen-bond acceptors (Lipinski definition) is 2. The highest BCUT2D eigenvalue weighted by Gasteiger charge is 2.05. The van der Waals surface area contributed by atoms with Crippen molar-refractivity contribution >= 4 is 12.2 Å². The lowest BCUT2D eigenvalue weighted by molar-refractivity contribution is -0.121. The van der Waals surface area contributed by atoms with Crippen LogP contribution in [0.4, 0.5) is 0 Å². The highest BCUT2D eigenvalue weighted by atomic mass is 16.1. The molecule has 0 fully saturated rings. The second-order valence-corrected chi connectivity index (χ2v) is 5.90. The van der Waals surface area contributed by atoms with Gasteiger partial charge >= 0.3 is 0 Å². The number of allylic oxidation sites excluding steroid dienone is 2. The summed E-state index contributed by atoms with van der Waals surface area (Å²) in [6.45, 7) is 4.63. The Morgan fingerprint density at radius 3 is 2.64 bits per heavy atom. The highest BCUT2D eigenvalue weighted by molar-refractivity contribution is 5.75. The molecule has 1 aromatic rings. The molecular formula is C19H27NO2. The molecule has 0 spiro atoms. The van der Waals surface area contributed by atoms with E-state index in [9.17, 15) is 9.59 Å². The predicted molar refractivity (Wildman–Crippen MR) is 90.4 cm³/mol. The molecule has 3 nitrogen and oxygen atoms in total. The van der Waals surface area contributed by atoms with Gasteiger partial charge < -0.3 is 5.32 Å². The van der Waals surface area contributed by atoms with Gasteiger partial charge in [-0.3, -0.25) is 9.59 Å². The third-order valence-corrected chi connectivity index (χ3v) is 3.74. The molecule has 1 rings (SSSR count). The third-order valence-electron chi connectivity index (χ3n) is 3.74. The molecule has 1 amide bonds. The van der Waals surface area contributed by atoms with Gasteiger partial charge in [-0.1, -0.05) is 49.8 Å². The summed E-state index contributed by atoms with van der Waals surface area (Å²) in [5.41, 5.74) is 1.93. The van der Waals surface area contributed by atoms with Gasteiger partial charge in [-0.05, 0) is 43.2 Å². The molecule has 0 saturated heterocycles. The lowest BCUT2D eigenvalue weighted by Gasteiger charge is -2.10. The Kier molecular flexibility index (Phi) is 8.89. The maximum absolute atomic E-state index is 11.8. The molecule has 3 heteroatoms. The van der Waals surface area contributed by atoms with Crippen LogP contribution in [-0.4, -0.2) is 12.2 Å². The van der Waals surface area contributed by atoms with Crippen molar-refractivity contribution in [1.29, 1.82) is 0 Å². The van der Waals surface area contributed by atoms with E-state index in [1.54, 1.807) is 0 Å². The first kappa shape index (κ1) is 18.1. The number of amides is 1. The molecule has 0 radical (unpaired) electrons. The van der Waals surface area contributed by atoms with Gasteiger partial charge in [-0.25, -0.2) is 0 Å². The van der Waals surface area contributed by atoms with Crippen LogP contribution in [0.5, 0.6) is 0 Å². The molecule has 0 aliphatic carbocycles. The molecule has 0 bridgehead atoms. The maximum Gasteiger partial charge on any atom is 0.220 e. The predicted octanol–water partition coefficient (Wildman–Crippen LogP) is 4.03. The molecule has 1 atom stereocenters. The first-order valence-electron chi connectivity index (χ1n) is 8.04. The fourth-order valence-electron chi connectivity index (χ4n) is 2.28. The number of rotatable bonds is 10. The van der Waals surface area contributed by atoms with Gasteiger partial charge in [0.05, 0.1) is 0 Å². The molecule has 120 valence electrons. The summed E-state index contributed by atoms with van der Waals surface area (Å²) in [6.07, 6.45) is 7.42. The van der Waals surface area contributed by atoms with E-state index in [0.717, 1.165) is 43.1 Å². The molecule has 0 saturated carbocycles. The smallest absolute Gasteiger partial charge is 0.220 e. The summed E-state index contributed by atoms with van der Waals surface area (Å²) in [6, 6.07) is 9.95. The zero-order chi connectivity index (χ0) is 16.2. The minimum absolute atomic E-state index is 0.118. The summed E-state index contributed by atoms with van der Waals surface area (Å²) < 4.78 is 0. The SMILES string of the molecule is C/C(C=O)=C\CCC(C)CCCC(=O)NCc1ccccc1. The standard InChI is InChI=1S/C19H27NO2/c1-16(8-6-10-17(2)15-21)9-7-13-19(22)20-14-18-11-4-3-5-12-18/h3-5,10-12,15-16H,6-9,13-14H2,1-2H3,(H,20,22)/b17-10+. The number of nitrogens with one attached hydrogen (secondary N) is 1. The van der Waals surface area contributed by atoms with Gasteiger partial charge in [0.1, 0.15) is 6.29 Å². The van der Waals surface area contributed by atoms with Crippen molar-refractivity contribution < 1.29 is 9.59 Å². The molecule has 1 aromatic carbocycles. The lowest BCUT2D eigenvalue weighted by atomic mass is 9.98. The Bertz CT molecular complexity index is 479. The third kappa shape index (κ3) is 8.40. The highest BCUT2D eigenvalue weighted by Crippen LogP contribution is 2.14. The minimum atomic E-state index is 0.118. The van der Waals surface area contributed by atoms with Crippen LogP contribution in [0, 0.1) is 5.92 Å². The Morgan fingerprint density at radius 2 is 1.95 bits per heavy atom. The van der Waals surface area contributed by atoms with Crippen LogP contribution in [0.2, 0.25) is 0 Å². The van der Waals surface area contributed by atoms with E-state index in [1.807, 2.05) is 43.3 Å². The molecule has 0 heterocycles. The first-order chi connectivity index (χ1) is 10.6. The van der Waals surface area contributed by atoms with Crippen molar-refractivity contribution in [3.05, 3.63) is 47.5 Å². The van der Waals surface area contributed by atoms with Crippen LogP contribution in [-0.2, 0) is 16.1 Å². The van der Waals surface area contributed by atoms with Crippen molar-refractivity contribution in [3.63, 3.8) is 0 Å². The number of hydrogen-bond donors (Lipinski definition) is 1. The van der Waals surface area contributed by atoms with E-state index in [1.165, 1.54) is 0 Å². The van der Waals surface area contributed by atoms with Crippen molar-refractivity contribution in [3.8, 4) is 0 Å². The Labute approximate surface area is 133 Å². The molecule has 0 aromatic heterocycles. The second-order valence-electron chi connectivity index (χ2n) is 5.90. The van der Waals surface area contributed by atoms with E-state index >= 15 is 0 Å². The van der Waals surface area contributed by atoms with Crippen LogP contribution < -0.4 is 5.32 Å². The number of carbonyl (C=O) groups excluding carboxylic acids is 2. The zero-order valence-electron chi connectivity index (χ0n) is 13.7. The largest absolute Gasteiger partial charge is 0.352 e. The fraction of sp³-hybridized carbons (Fsp3) is 0.474. The molecular weight excluding hydrogens is 274 g/mol. The molecule has 22 heavy (non-hydrogen) atoms. The normalized spacial score (nSPS) is 12.7. The summed E-state index contributed by atoms with van der Waals surface area (Å²) in [7, 11) is 0. The lowest BCUT2D eigenvalue weighted by Crippen LogP contribution is -2.22. The van der Waals surface area contributed by atoms with E-state index in [2.05, 4.69) is 12.2 Å². The summed E-state index contributed by atoms with van der Waals surface area (Å²) in [5.74, 6) is 0.699. The van der Waals surface area contributed by atoms with Crippen LogP contribution in [0.1, 0.15) is 51.5 Å². The number of aldehydes is 1. The van der Waals surface area contributed by atoms with Crippen molar-refractivity contribution in [1.82, 2.24) is 5.32 Å². The van der Waals surface area contributed by atoms with Gasteiger partial charge in [-0.15, -0.1) is 0 Å². The molecule has 0 aliphatic heterocycles. The Balaban J connectivity index is 2.10. The van der Waals surface area contributed by atoms with Gasteiger partial charge in [0.15, 0.2) is 0 Å². The summed E-state index contributed by atoms with van der Waals surface area (Å²) in [4.78, 5) is 22.3. The van der Waals surface area contributed by atoms with Crippen molar-refractivity contribution in [2.45, 2.75) is 52.5 Å². The average molecular weight is 301 g/mol. The zero-order valence-corrected chi connectivity index (χ0v) is 13.7. The number of benzene rings is 1. The summed E-state index contributed by atoms with van der Waals surface area (Å²) in [5, 5.41) is 2.95. The van der Waals surface area contributed by atoms with E-state index in [-0.39, 0.29) is 5.91 Å². The van der Waals surface area contributed by atoms with Gasteiger partial charge in [0.25, 0.3) is 0 Å². The molecule has 1 N–H and O–H groups in total. The molecule has 1 unspecified atom stereocenters. The maximum atomic E-state index is 11.8. The quantitative estimate of drug-likeness (QED) is 0.524. The van der Waals surface area contributed by atoms with E-state index in [0.29, 0.717) is 18.9 Å². The Hall–Kier alpha value is -1.90. The average Bonchev–Trinajstić information content (AvgIpc) is 2.53. The van der Waals surface area contributed by atoms with Crippen LogP contribution in [0.25, 0.3) is 0 Å². The summed E-state index contributed by atoms with van der Waals surface area (Å²) >= 11 is 0. The minimum Gasteiger partial charge on any atom is -0.352 e. The topological polar surface area (TPSA) is 46.2 Å². The fourth-order valence-corrected chi connectivity index (χ4v) is 2.28. The second kappa shape index (κ2) is 10.8. The van der Waals surface area contributed by atoms with Gasteiger partial charge in [0, 0.05) is 13.0 Å². The first-order valence-corrected chi connectivity index (χ1v) is 8.04. The number of carbonyl (C=O) groups is 2. The van der Waals surface area contributed by atoms with Crippen LogP contribution in [0.15, 0.2) is 42.0 Å². The monoisotopic (exact) mass is 301 g/mol. The molecule has 0 aliphatic rings. The van der Waals surface area contributed by atoms with Gasteiger partial charge in [0.2, 0.25) is 5.91 Å². The Morgan fingerprint density at radius 1 is 1.23 bits per heavy atom.